The Hall–Kier alpha value is -1.55. The summed E-state index contributed by atoms with van der Waals surface area (Å²) in [6.07, 6.45) is 1.63. The van der Waals surface area contributed by atoms with E-state index in [1.807, 2.05) is 12.1 Å². The van der Waals surface area contributed by atoms with Crippen molar-refractivity contribution >= 4 is 17.3 Å². The summed E-state index contributed by atoms with van der Waals surface area (Å²) in [5, 5.41) is 2.86. The Bertz CT molecular complexity index is 379. The zero-order chi connectivity index (χ0) is 13.4. The van der Waals surface area contributed by atoms with Gasteiger partial charge in [0.2, 0.25) is 5.91 Å². The zero-order valence-corrected chi connectivity index (χ0v) is 11.3. The van der Waals surface area contributed by atoms with E-state index < -0.39 is 0 Å². The Kier molecular flexibility index (Phi) is 6.22. The summed E-state index contributed by atoms with van der Waals surface area (Å²) in [5.74, 6) is 0.0372. The number of hydrogen-bond donors (Lipinski definition) is 2. The number of carbonyl (C=O) groups excluding carboxylic acids is 1. The molecule has 0 atom stereocenters. The highest BCUT2D eigenvalue weighted by Gasteiger charge is 2.06. The summed E-state index contributed by atoms with van der Waals surface area (Å²) < 4.78 is 0. The van der Waals surface area contributed by atoms with Crippen molar-refractivity contribution in [3.63, 3.8) is 0 Å². The fourth-order valence-corrected chi connectivity index (χ4v) is 1.84. The Morgan fingerprint density at radius 2 is 2.11 bits per heavy atom. The smallest absolute Gasteiger partial charge is 0.225 e. The van der Waals surface area contributed by atoms with Crippen molar-refractivity contribution in [3.05, 3.63) is 24.3 Å². The van der Waals surface area contributed by atoms with Gasteiger partial charge in [0.05, 0.1) is 0 Å². The van der Waals surface area contributed by atoms with E-state index in [1.54, 1.807) is 12.1 Å². The maximum absolute atomic E-state index is 11.8. The summed E-state index contributed by atoms with van der Waals surface area (Å²) in [5.41, 5.74) is 7.08. The third kappa shape index (κ3) is 5.19. The van der Waals surface area contributed by atoms with Crippen LogP contribution in [0.3, 0.4) is 0 Å². The van der Waals surface area contributed by atoms with Crippen LogP contribution in [0.5, 0.6) is 0 Å². The van der Waals surface area contributed by atoms with Gasteiger partial charge in [-0.1, -0.05) is 19.9 Å². The molecule has 18 heavy (non-hydrogen) atoms. The lowest BCUT2D eigenvalue weighted by Crippen LogP contribution is -2.28. The van der Waals surface area contributed by atoms with E-state index in [4.69, 9.17) is 5.73 Å². The van der Waals surface area contributed by atoms with Gasteiger partial charge < -0.3 is 16.0 Å². The highest BCUT2D eigenvalue weighted by atomic mass is 16.1. The molecule has 100 valence electrons. The molecular formula is C14H23N3O. The van der Waals surface area contributed by atoms with Crippen molar-refractivity contribution in [1.29, 1.82) is 0 Å². The minimum atomic E-state index is 0.0372. The lowest BCUT2D eigenvalue weighted by molar-refractivity contribution is -0.116. The summed E-state index contributed by atoms with van der Waals surface area (Å²) in [6.45, 7) is 7.10. The molecule has 1 aromatic rings. The number of nitrogens with zero attached hydrogens (tertiary/aromatic N) is 1. The van der Waals surface area contributed by atoms with Crippen molar-refractivity contribution in [2.24, 2.45) is 0 Å². The number of nitrogens with one attached hydrogen (secondary N) is 1. The number of nitrogen functional groups attached to an aromatic ring is 1. The molecule has 0 aliphatic heterocycles. The molecule has 0 saturated heterocycles. The number of rotatable bonds is 7. The predicted molar refractivity (Wildman–Crippen MR) is 76.5 cm³/mol. The number of carbonyl (C=O) groups is 1. The molecule has 0 fully saturated rings. The van der Waals surface area contributed by atoms with E-state index in [0.717, 1.165) is 31.7 Å². The van der Waals surface area contributed by atoms with Crippen molar-refractivity contribution in [2.75, 3.05) is 30.7 Å². The van der Waals surface area contributed by atoms with Crippen LogP contribution in [0.4, 0.5) is 11.4 Å². The molecule has 0 aliphatic rings. The van der Waals surface area contributed by atoms with Crippen LogP contribution < -0.4 is 11.1 Å². The van der Waals surface area contributed by atoms with Gasteiger partial charge >= 0.3 is 0 Å². The molecule has 1 rings (SSSR count). The van der Waals surface area contributed by atoms with Crippen LogP contribution in [0.1, 0.15) is 26.7 Å². The molecule has 0 spiro atoms. The van der Waals surface area contributed by atoms with Gasteiger partial charge in [-0.3, -0.25) is 4.79 Å². The Morgan fingerprint density at radius 1 is 1.33 bits per heavy atom. The Morgan fingerprint density at radius 3 is 2.72 bits per heavy atom. The first-order chi connectivity index (χ1) is 8.65. The van der Waals surface area contributed by atoms with Gasteiger partial charge in [0.15, 0.2) is 0 Å². The topological polar surface area (TPSA) is 58.4 Å². The Labute approximate surface area is 109 Å². The average molecular weight is 249 g/mol. The predicted octanol–water partition coefficient (Wildman–Crippen LogP) is 2.33. The summed E-state index contributed by atoms with van der Waals surface area (Å²) in [4.78, 5) is 14.0. The van der Waals surface area contributed by atoms with Crippen LogP contribution in [0.15, 0.2) is 24.3 Å². The normalized spacial score (nSPS) is 10.6. The molecule has 3 N–H and O–H groups in total. The van der Waals surface area contributed by atoms with Crippen LogP contribution in [0.2, 0.25) is 0 Å². The third-order valence-electron chi connectivity index (χ3n) is 2.81. The molecule has 0 radical (unpaired) electrons. The Balaban J connectivity index is 2.37. The largest absolute Gasteiger partial charge is 0.399 e. The number of hydrogen-bond acceptors (Lipinski definition) is 3. The zero-order valence-electron chi connectivity index (χ0n) is 11.3. The highest BCUT2D eigenvalue weighted by molar-refractivity contribution is 5.91. The third-order valence-corrected chi connectivity index (χ3v) is 2.81. The van der Waals surface area contributed by atoms with Gasteiger partial charge in [-0.05, 0) is 37.7 Å². The van der Waals surface area contributed by atoms with Crippen LogP contribution in [0.25, 0.3) is 0 Å². The van der Waals surface area contributed by atoms with Gasteiger partial charge in [0.25, 0.3) is 0 Å². The van der Waals surface area contributed by atoms with Gasteiger partial charge in [-0.15, -0.1) is 0 Å². The summed E-state index contributed by atoms with van der Waals surface area (Å²) >= 11 is 0. The van der Waals surface area contributed by atoms with E-state index >= 15 is 0 Å². The van der Waals surface area contributed by atoms with Crippen molar-refractivity contribution in [1.82, 2.24) is 4.90 Å². The first-order valence-corrected chi connectivity index (χ1v) is 6.53. The minimum absolute atomic E-state index is 0.0372. The number of anilines is 2. The van der Waals surface area contributed by atoms with Crippen LogP contribution in [0, 0.1) is 0 Å². The van der Waals surface area contributed by atoms with Gasteiger partial charge in [0, 0.05) is 24.3 Å². The van der Waals surface area contributed by atoms with E-state index in [1.165, 1.54) is 0 Å². The molecule has 0 aromatic heterocycles. The molecule has 0 unspecified atom stereocenters. The van der Waals surface area contributed by atoms with Gasteiger partial charge in [0.1, 0.15) is 0 Å². The minimum Gasteiger partial charge on any atom is -0.399 e. The monoisotopic (exact) mass is 249 g/mol. The van der Waals surface area contributed by atoms with Crippen LogP contribution in [-0.4, -0.2) is 30.4 Å². The SMILES string of the molecule is CCCN(CC)CCC(=O)Nc1cccc(N)c1. The maximum atomic E-state index is 11.8. The number of amides is 1. The standard InChI is InChI=1S/C14H23N3O/c1-3-9-17(4-2)10-8-14(18)16-13-7-5-6-12(15)11-13/h5-7,11H,3-4,8-10,15H2,1-2H3,(H,16,18). The lowest BCUT2D eigenvalue weighted by atomic mass is 10.2. The lowest BCUT2D eigenvalue weighted by Gasteiger charge is -2.18. The summed E-state index contributed by atoms with van der Waals surface area (Å²) in [7, 11) is 0. The van der Waals surface area contributed by atoms with Crippen molar-refractivity contribution in [2.45, 2.75) is 26.7 Å². The molecular weight excluding hydrogens is 226 g/mol. The summed E-state index contributed by atoms with van der Waals surface area (Å²) in [6, 6.07) is 7.25. The molecule has 4 heteroatoms. The first kappa shape index (κ1) is 14.5. The average Bonchev–Trinajstić information content (AvgIpc) is 2.34. The van der Waals surface area contributed by atoms with Crippen LogP contribution >= 0.6 is 0 Å². The van der Waals surface area contributed by atoms with Crippen LogP contribution in [-0.2, 0) is 4.79 Å². The van der Waals surface area contributed by atoms with E-state index in [2.05, 4.69) is 24.1 Å². The van der Waals surface area contributed by atoms with Crippen molar-refractivity contribution in [3.8, 4) is 0 Å². The number of nitrogens with two attached hydrogens (primary N) is 1. The molecule has 1 aromatic carbocycles. The highest BCUT2D eigenvalue weighted by Crippen LogP contribution is 2.11. The first-order valence-electron chi connectivity index (χ1n) is 6.53. The number of benzene rings is 1. The second kappa shape index (κ2) is 7.71. The molecule has 1 amide bonds. The second-order valence-corrected chi connectivity index (χ2v) is 4.36. The van der Waals surface area contributed by atoms with Gasteiger partial charge in [-0.25, -0.2) is 0 Å². The molecule has 0 bridgehead atoms. The van der Waals surface area contributed by atoms with E-state index in [9.17, 15) is 4.79 Å². The quantitative estimate of drug-likeness (QED) is 0.729. The van der Waals surface area contributed by atoms with Crippen molar-refractivity contribution < 1.29 is 4.79 Å². The molecule has 4 nitrogen and oxygen atoms in total. The molecule has 0 aliphatic carbocycles. The van der Waals surface area contributed by atoms with Gasteiger partial charge in [-0.2, -0.15) is 0 Å². The maximum Gasteiger partial charge on any atom is 0.225 e. The fourth-order valence-electron chi connectivity index (χ4n) is 1.84. The fraction of sp³-hybridized carbons (Fsp3) is 0.500. The second-order valence-electron chi connectivity index (χ2n) is 4.36. The van der Waals surface area contributed by atoms with E-state index in [0.29, 0.717) is 12.1 Å². The molecule has 0 saturated carbocycles. The molecule has 0 heterocycles. The van der Waals surface area contributed by atoms with E-state index in [-0.39, 0.29) is 5.91 Å².